The predicted octanol–water partition coefficient (Wildman–Crippen LogP) is 2.73. The van der Waals surface area contributed by atoms with Crippen LogP contribution in [0.15, 0.2) is 30.3 Å². The van der Waals surface area contributed by atoms with Crippen LogP contribution in [-0.4, -0.2) is 16.0 Å². The summed E-state index contributed by atoms with van der Waals surface area (Å²) in [6, 6.07) is 11.4. The van der Waals surface area contributed by atoms with E-state index in [9.17, 15) is 0 Å². The Morgan fingerprint density at radius 3 is 2.85 bits per heavy atom. The van der Waals surface area contributed by atoms with E-state index in [1.54, 1.807) is 0 Å². The molecule has 20 heavy (non-hydrogen) atoms. The number of benzene rings is 1. The van der Waals surface area contributed by atoms with Gasteiger partial charge in [-0.1, -0.05) is 24.3 Å². The first-order valence-electron chi connectivity index (χ1n) is 7.45. The van der Waals surface area contributed by atoms with E-state index in [1.165, 1.54) is 24.0 Å². The summed E-state index contributed by atoms with van der Waals surface area (Å²) in [5.74, 6) is 1.39. The first-order chi connectivity index (χ1) is 9.79. The van der Waals surface area contributed by atoms with Crippen LogP contribution in [-0.2, 0) is 13.0 Å². The molecule has 0 amide bonds. The van der Waals surface area contributed by atoms with Crippen LogP contribution in [0.2, 0.25) is 0 Å². The number of nitrogens with one attached hydrogen (secondary N) is 1. The topological polar surface area (TPSA) is 37.8 Å². The lowest BCUT2D eigenvalue weighted by Crippen LogP contribution is -2.22. The van der Waals surface area contributed by atoms with Gasteiger partial charge >= 0.3 is 0 Å². The molecule has 0 spiro atoms. The van der Waals surface area contributed by atoms with Crippen LogP contribution in [0, 0.1) is 6.92 Å². The second-order valence-electron chi connectivity index (χ2n) is 5.97. The molecule has 0 aliphatic heterocycles. The van der Waals surface area contributed by atoms with Gasteiger partial charge in [0.15, 0.2) is 0 Å². The summed E-state index contributed by atoms with van der Waals surface area (Å²) >= 11 is 0. The van der Waals surface area contributed by atoms with E-state index in [1.807, 2.05) is 0 Å². The van der Waals surface area contributed by atoms with Crippen LogP contribution in [0.5, 0.6) is 0 Å². The molecule has 0 bridgehead atoms. The van der Waals surface area contributed by atoms with Crippen molar-refractivity contribution in [1.29, 1.82) is 0 Å². The minimum Gasteiger partial charge on any atom is -0.308 e. The van der Waals surface area contributed by atoms with Crippen molar-refractivity contribution in [2.75, 3.05) is 0 Å². The minimum absolute atomic E-state index is 0.394. The Balaban J connectivity index is 1.58. The van der Waals surface area contributed by atoms with Crippen LogP contribution in [0.3, 0.4) is 0 Å². The summed E-state index contributed by atoms with van der Waals surface area (Å²) in [4.78, 5) is 9.44. The van der Waals surface area contributed by atoms with Gasteiger partial charge in [-0.15, -0.1) is 0 Å². The molecule has 0 saturated heterocycles. The zero-order chi connectivity index (χ0) is 13.5. The maximum atomic E-state index is 4.78. The molecule has 102 valence electrons. The Hall–Kier alpha value is -1.74. The van der Waals surface area contributed by atoms with Crippen molar-refractivity contribution < 1.29 is 0 Å². The van der Waals surface area contributed by atoms with Gasteiger partial charge in [0.25, 0.3) is 0 Å². The molecule has 1 unspecified atom stereocenters. The van der Waals surface area contributed by atoms with E-state index in [2.05, 4.69) is 47.6 Å². The molecule has 1 aromatic heterocycles. The number of rotatable bonds is 4. The molecule has 2 aliphatic rings. The first-order valence-corrected chi connectivity index (χ1v) is 7.45. The van der Waals surface area contributed by atoms with Crippen LogP contribution in [0.1, 0.15) is 47.1 Å². The van der Waals surface area contributed by atoms with E-state index >= 15 is 0 Å². The largest absolute Gasteiger partial charge is 0.308 e. The second kappa shape index (κ2) is 4.67. The zero-order valence-electron chi connectivity index (χ0n) is 11.8. The van der Waals surface area contributed by atoms with Crippen LogP contribution in [0.4, 0.5) is 0 Å². The number of hydrogen-bond acceptors (Lipinski definition) is 3. The van der Waals surface area contributed by atoms with Gasteiger partial charge in [0, 0.05) is 24.2 Å². The quantitative estimate of drug-likeness (QED) is 0.923. The molecule has 1 N–H and O–H groups in total. The summed E-state index contributed by atoms with van der Waals surface area (Å²) in [7, 11) is 0. The van der Waals surface area contributed by atoms with Crippen molar-refractivity contribution >= 4 is 0 Å². The van der Waals surface area contributed by atoms with Gasteiger partial charge in [0.1, 0.15) is 5.82 Å². The Morgan fingerprint density at radius 2 is 2.05 bits per heavy atom. The fourth-order valence-corrected chi connectivity index (χ4v) is 2.93. The maximum Gasteiger partial charge on any atom is 0.136 e. The zero-order valence-corrected chi connectivity index (χ0v) is 11.8. The first kappa shape index (κ1) is 12.0. The summed E-state index contributed by atoms with van der Waals surface area (Å²) in [6.45, 7) is 2.94. The monoisotopic (exact) mass is 265 g/mol. The van der Waals surface area contributed by atoms with E-state index in [0.717, 1.165) is 36.2 Å². The molecule has 1 saturated carbocycles. The minimum atomic E-state index is 0.394. The molecule has 3 nitrogen and oxygen atoms in total. The lowest BCUT2D eigenvalue weighted by Gasteiger charge is -2.29. The van der Waals surface area contributed by atoms with Crippen LogP contribution in [0.25, 0.3) is 0 Å². The molecule has 2 aromatic rings. The van der Waals surface area contributed by atoms with E-state index < -0.39 is 0 Å². The fourth-order valence-electron chi connectivity index (χ4n) is 2.93. The lowest BCUT2D eigenvalue weighted by atomic mass is 9.77. The Kier molecular flexibility index (Phi) is 2.81. The van der Waals surface area contributed by atoms with Crippen molar-refractivity contribution in [3.05, 3.63) is 58.7 Å². The van der Waals surface area contributed by atoms with Crippen LogP contribution >= 0.6 is 0 Å². The standard InChI is InChI=1S/C17H19N3/c1-11-8-14(10-18-13-6-7-13)20-17(19-11)16-9-12-4-2-3-5-15(12)16/h2-5,8,13,16,18H,6-7,9-10H2,1H3. The molecule has 1 heterocycles. The molecule has 1 aromatic carbocycles. The molecular formula is C17H19N3. The molecule has 1 fully saturated rings. The second-order valence-corrected chi connectivity index (χ2v) is 5.97. The number of aromatic nitrogens is 2. The van der Waals surface area contributed by atoms with Gasteiger partial charge in [0.05, 0.1) is 5.69 Å². The third-order valence-corrected chi connectivity index (χ3v) is 4.24. The highest BCUT2D eigenvalue weighted by Gasteiger charge is 2.29. The highest BCUT2D eigenvalue weighted by Crippen LogP contribution is 2.38. The normalized spacial score (nSPS) is 20.4. The molecule has 1 atom stereocenters. The summed E-state index contributed by atoms with van der Waals surface area (Å²) in [5.41, 5.74) is 5.05. The Morgan fingerprint density at radius 1 is 1.20 bits per heavy atom. The molecule has 0 radical (unpaired) electrons. The third-order valence-electron chi connectivity index (χ3n) is 4.24. The van der Waals surface area contributed by atoms with E-state index in [0.29, 0.717) is 5.92 Å². The SMILES string of the molecule is Cc1cc(CNC2CC2)nc(C2Cc3ccccc32)n1. The number of hydrogen-bond donors (Lipinski definition) is 1. The molecule has 2 aliphatic carbocycles. The Labute approximate surface area is 119 Å². The fraction of sp³-hybridized carbons (Fsp3) is 0.412. The molecule has 3 heteroatoms. The average Bonchev–Trinajstić information content (AvgIpc) is 3.21. The van der Waals surface area contributed by atoms with Crippen molar-refractivity contribution in [3.8, 4) is 0 Å². The van der Waals surface area contributed by atoms with Gasteiger partial charge in [0.2, 0.25) is 0 Å². The summed E-state index contributed by atoms with van der Waals surface area (Å²) in [5, 5.41) is 3.53. The van der Waals surface area contributed by atoms with Gasteiger partial charge in [-0.05, 0) is 43.4 Å². The van der Waals surface area contributed by atoms with Crippen molar-refractivity contribution in [3.63, 3.8) is 0 Å². The molecular weight excluding hydrogens is 246 g/mol. The van der Waals surface area contributed by atoms with Gasteiger partial charge in [-0.3, -0.25) is 0 Å². The smallest absolute Gasteiger partial charge is 0.136 e. The highest BCUT2D eigenvalue weighted by atomic mass is 15.0. The third kappa shape index (κ3) is 2.22. The van der Waals surface area contributed by atoms with Crippen molar-refractivity contribution in [1.82, 2.24) is 15.3 Å². The van der Waals surface area contributed by atoms with Gasteiger partial charge in [-0.2, -0.15) is 0 Å². The number of aryl methyl sites for hydroxylation is 1. The number of nitrogens with zero attached hydrogens (tertiary/aromatic N) is 2. The average molecular weight is 265 g/mol. The maximum absolute atomic E-state index is 4.78. The summed E-state index contributed by atoms with van der Waals surface area (Å²) < 4.78 is 0. The van der Waals surface area contributed by atoms with Crippen molar-refractivity contribution in [2.45, 2.75) is 44.7 Å². The highest BCUT2D eigenvalue weighted by molar-refractivity contribution is 5.44. The van der Waals surface area contributed by atoms with Gasteiger partial charge in [-0.25, -0.2) is 9.97 Å². The Bertz CT molecular complexity index is 646. The van der Waals surface area contributed by atoms with E-state index in [4.69, 9.17) is 4.98 Å². The number of fused-ring (bicyclic) bond motifs is 1. The molecule has 4 rings (SSSR count). The van der Waals surface area contributed by atoms with Crippen LogP contribution < -0.4 is 5.32 Å². The predicted molar refractivity (Wildman–Crippen MR) is 78.6 cm³/mol. The summed E-state index contributed by atoms with van der Waals surface area (Å²) in [6.07, 6.45) is 3.70. The van der Waals surface area contributed by atoms with Gasteiger partial charge < -0.3 is 5.32 Å². The van der Waals surface area contributed by atoms with Crippen molar-refractivity contribution in [2.24, 2.45) is 0 Å². The van der Waals surface area contributed by atoms with E-state index in [-0.39, 0.29) is 0 Å². The lowest BCUT2D eigenvalue weighted by molar-refractivity contribution is 0.628.